The van der Waals surface area contributed by atoms with Crippen LogP contribution in [-0.2, 0) is 0 Å². The van der Waals surface area contributed by atoms with Crippen molar-refractivity contribution in [3.8, 4) is 0 Å². The van der Waals surface area contributed by atoms with E-state index >= 15 is 0 Å². The fourth-order valence-electron chi connectivity index (χ4n) is 1.16. The molecule has 0 atom stereocenters. The van der Waals surface area contributed by atoms with Crippen LogP contribution in [0.4, 0.5) is 20.8 Å². The Morgan fingerprint density at radius 1 is 1.27 bits per heavy atom. The number of anilines is 3. The second-order valence-electron chi connectivity index (χ2n) is 2.93. The Balaban J connectivity index is 2.28. The first-order chi connectivity index (χ1) is 7.16. The number of nitrogens with two attached hydrogens (primary N) is 1. The second kappa shape index (κ2) is 4.20. The fourth-order valence-corrected chi connectivity index (χ4v) is 2.46. The van der Waals surface area contributed by atoms with E-state index < -0.39 is 5.82 Å². The predicted octanol–water partition coefficient (Wildman–Crippen LogP) is 3.98. The van der Waals surface area contributed by atoms with Crippen LogP contribution < -0.4 is 11.1 Å². The first-order valence-electron chi connectivity index (χ1n) is 4.23. The maximum Gasteiger partial charge on any atom is 0.148 e. The normalized spacial score (nSPS) is 10.3. The standard InChI is InChI=1S/C10H8BrFN2S/c11-8-4-5-9(15-8)14-7-3-1-2-6(12)10(7)13/h1-5,14H,13H2. The Labute approximate surface area is 99.1 Å². The number of hydrogen-bond donors (Lipinski definition) is 2. The predicted molar refractivity (Wildman–Crippen MR) is 66.1 cm³/mol. The highest BCUT2D eigenvalue weighted by atomic mass is 79.9. The van der Waals surface area contributed by atoms with Crippen LogP contribution in [0.1, 0.15) is 0 Å². The molecule has 15 heavy (non-hydrogen) atoms. The lowest BCUT2D eigenvalue weighted by atomic mass is 10.2. The molecule has 1 aromatic heterocycles. The molecule has 1 heterocycles. The van der Waals surface area contributed by atoms with Crippen LogP contribution in [0.3, 0.4) is 0 Å². The maximum atomic E-state index is 13.1. The van der Waals surface area contributed by atoms with Gasteiger partial charge in [0.15, 0.2) is 0 Å². The molecule has 0 radical (unpaired) electrons. The number of halogens is 2. The third-order valence-electron chi connectivity index (χ3n) is 1.88. The molecule has 0 bridgehead atoms. The molecule has 0 saturated carbocycles. The summed E-state index contributed by atoms with van der Waals surface area (Å²) in [6.45, 7) is 0. The van der Waals surface area contributed by atoms with Crippen LogP contribution in [0.15, 0.2) is 34.1 Å². The number of rotatable bonds is 2. The number of benzene rings is 1. The Hall–Kier alpha value is -1.07. The van der Waals surface area contributed by atoms with E-state index in [0.29, 0.717) is 5.69 Å². The average Bonchev–Trinajstić information content (AvgIpc) is 2.59. The van der Waals surface area contributed by atoms with Gasteiger partial charge in [0.2, 0.25) is 0 Å². The molecule has 0 aliphatic carbocycles. The largest absolute Gasteiger partial charge is 0.395 e. The van der Waals surface area contributed by atoms with E-state index in [0.717, 1.165) is 8.79 Å². The summed E-state index contributed by atoms with van der Waals surface area (Å²) in [5, 5.41) is 3.97. The topological polar surface area (TPSA) is 38.0 Å². The van der Waals surface area contributed by atoms with Crippen molar-refractivity contribution < 1.29 is 4.39 Å². The zero-order chi connectivity index (χ0) is 10.8. The molecular weight excluding hydrogens is 279 g/mol. The highest BCUT2D eigenvalue weighted by molar-refractivity contribution is 9.11. The summed E-state index contributed by atoms with van der Waals surface area (Å²) in [5.74, 6) is -0.407. The maximum absolute atomic E-state index is 13.1. The van der Waals surface area contributed by atoms with Gasteiger partial charge in [-0.05, 0) is 40.2 Å². The van der Waals surface area contributed by atoms with Gasteiger partial charge in [-0.25, -0.2) is 4.39 Å². The lowest BCUT2D eigenvalue weighted by Crippen LogP contribution is -1.97. The summed E-state index contributed by atoms with van der Waals surface area (Å²) in [6, 6.07) is 8.52. The molecule has 2 nitrogen and oxygen atoms in total. The average molecular weight is 287 g/mol. The van der Waals surface area contributed by atoms with E-state index in [-0.39, 0.29) is 5.69 Å². The molecule has 3 N–H and O–H groups in total. The SMILES string of the molecule is Nc1c(F)cccc1Nc1ccc(Br)s1. The second-order valence-corrected chi connectivity index (χ2v) is 5.39. The number of para-hydroxylation sites is 1. The minimum atomic E-state index is -0.407. The number of thiophene rings is 1. The third kappa shape index (κ3) is 2.30. The van der Waals surface area contributed by atoms with Crippen molar-refractivity contribution >= 4 is 43.6 Å². The van der Waals surface area contributed by atoms with Crippen LogP contribution in [0.2, 0.25) is 0 Å². The summed E-state index contributed by atoms with van der Waals surface area (Å²) < 4.78 is 14.1. The molecule has 1 aromatic carbocycles. The van der Waals surface area contributed by atoms with Gasteiger partial charge in [-0.1, -0.05) is 6.07 Å². The number of nitrogen functional groups attached to an aromatic ring is 1. The lowest BCUT2D eigenvalue weighted by Gasteiger charge is -2.07. The van der Waals surface area contributed by atoms with Gasteiger partial charge < -0.3 is 11.1 Å². The van der Waals surface area contributed by atoms with E-state index in [2.05, 4.69) is 21.2 Å². The molecule has 78 valence electrons. The third-order valence-corrected chi connectivity index (χ3v) is 3.42. The monoisotopic (exact) mass is 286 g/mol. The van der Waals surface area contributed by atoms with E-state index in [9.17, 15) is 4.39 Å². The van der Waals surface area contributed by atoms with Gasteiger partial charge in [-0.2, -0.15) is 0 Å². The summed E-state index contributed by atoms with van der Waals surface area (Å²) in [7, 11) is 0. The Kier molecular flexibility index (Phi) is 2.93. The smallest absolute Gasteiger partial charge is 0.148 e. The lowest BCUT2D eigenvalue weighted by molar-refractivity contribution is 0.633. The molecule has 2 aromatic rings. The Morgan fingerprint density at radius 2 is 2.07 bits per heavy atom. The summed E-state index contributed by atoms with van der Waals surface area (Å²) in [5.41, 5.74) is 6.32. The fraction of sp³-hybridized carbons (Fsp3) is 0. The van der Waals surface area contributed by atoms with Crippen molar-refractivity contribution in [2.24, 2.45) is 0 Å². The first kappa shape index (κ1) is 10.4. The van der Waals surface area contributed by atoms with Crippen molar-refractivity contribution in [3.63, 3.8) is 0 Å². The van der Waals surface area contributed by atoms with Gasteiger partial charge in [0.1, 0.15) is 5.82 Å². The summed E-state index contributed by atoms with van der Waals surface area (Å²) in [6.07, 6.45) is 0. The van der Waals surface area contributed by atoms with Gasteiger partial charge in [-0.15, -0.1) is 11.3 Å². The molecule has 2 rings (SSSR count). The van der Waals surface area contributed by atoms with Crippen LogP contribution in [0.5, 0.6) is 0 Å². The van der Waals surface area contributed by atoms with Crippen molar-refractivity contribution in [2.75, 3.05) is 11.1 Å². The van der Waals surface area contributed by atoms with Crippen LogP contribution in [-0.4, -0.2) is 0 Å². The molecular formula is C10H8BrFN2S. The van der Waals surface area contributed by atoms with E-state index in [4.69, 9.17) is 5.73 Å². The highest BCUT2D eigenvalue weighted by Crippen LogP contribution is 2.31. The number of nitrogens with one attached hydrogen (secondary N) is 1. The highest BCUT2D eigenvalue weighted by Gasteiger charge is 2.05. The van der Waals surface area contributed by atoms with Crippen molar-refractivity contribution in [1.29, 1.82) is 0 Å². The Bertz CT molecular complexity index is 484. The molecule has 0 spiro atoms. The molecule has 0 fully saturated rings. The number of hydrogen-bond acceptors (Lipinski definition) is 3. The molecule has 0 amide bonds. The van der Waals surface area contributed by atoms with Crippen LogP contribution >= 0.6 is 27.3 Å². The minimum absolute atomic E-state index is 0.141. The molecule has 5 heteroatoms. The van der Waals surface area contributed by atoms with Crippen LogP contribution in [0.25, 0.3) is 0 Å². The van der Waals surface area contributed by atoms with E-state index in [1.165, 1.54) is 17.4 Å². The van der Waals surface area contributed by atoms with Crippen LogP contribution in [0, 0.1) is 5.82 Å². The quantitative estimate of drug-likeness (QED) is 0.820. The van der Waals surface area contributed by atoms with Gasteiger partial charge >= 0.3 is 0 Å². The Morgan fingerprint density at radius 3 is 2.73 bits per heavy atom. The first-order valence-corrected chi connectivity index (χ1v) is 5.84. The van der Waals surface area contributed by atoms with E-state index in [1.54, 1.807) is 12.1 Å². The minimum Gasteiger partial charge on any atom is -0.395 e. The van der Waals surface area contributed by atoms with E-state index in [1.807, 2.05) is 12.1 Å². The van der Waals surface area contributed by atoms with Crippen molar-refractivity contribution in [2.45, 2.75) is 0 Å². The molecule has 0 aliphatic heterocycles. The van der Waals surface area contributed by atoms with Gasteiger partial charge in [0.25, 0.3) is 0 Å². The zero-order valence-electron chi connectivity index (χ0n) is 7.63. The molecule has 0 aliphatic rings. The van der Waals surface area contributed by atoms with Crippen molar-refractivity contribution in [1.82, 2.24) is 0 Å². The summed E-state index contributed by atoms with van der Waals surface area (Å²) in [4.78, 5) is 0. The summed E-state index contributed by atoms with van der Waals surface area (Å²) >= 11 is 4.88. The zero-order valence-corrected chi connectivity index (χ0v) is 10.0. The molecule has 0 unspecified atom stereocenters. The van der Waals surface area contributed by atoms with Gasteiger partial charge in [0.05, 0.1) is 20.2 Å². The van der Waals surface area contributed by atoms with Gasteiger partial charge in [0, 0.05) is 0 Å². The van der Waals surface area contributed by atoms with Crippen molar-refractivity contribution in [3.05, 3.63) is 39.9 Å². The molecule has 0 saturated heterocycles. The van der Waals surface area contributed by atoms with Gasteiger partial charge in [-0.3, -0.25) is 0 Å².